The van der Waals surface area contributed by atoms with E-state index in [1.165, 1.54) is 18.2 Å². The van der Waals surface area contributed by atoms with Gasteiger partial charge in [-0.05, 0) is 23.6 Å². The quantitative estimate of drug-likeness (QED) is 0.555. The van der Waals surface area contributed by atoms with Crippen LogP contribution in [-0.4, -0.2) is 15.0 Å². The number of nitrogens with one attached hydrogen (secondary N) is 1. The molecule has 3 aromatic rings. The first-order valence-electron chi connectivity index (χ1n) is 6.07. The van der Waals surface area contributed by atoms with Crippen LogP contribution < -0.4 is 5.56 Å². The topological polar surface area (TPSA) is 58.6 Å². The molecule has 2 aromatic heterocycles. The van der Waals surface area contributed by atoms with Crippen molar-refractivity contribution < 1.29 is 17.6 Å². The van der Waals surface area contributed by atoms with Gasteiger partial charge in [0.25, 0.3) is 5.56 Å². The largest absolute Gasteiger partial charge is 0.419 e. The number of nitrogens with zero attached hydrogens (tertiary/aromatic N) is 2. The zero-order chi connectivity index (χ0) is 15.9. The Balaban J connectivity index is 2.09. The Hall–Kier alpha value is -2.77. The van der Waals surface area contributed by atoms with E-state index in [1.54, 1.807) is 0 Å². The summed E-state index contributed by atoms with van der Waals surface area (Å²) in [5.74, 6) is -0.751. The molecule has 0 atom stereocenters. The molecule has 0 fully saturated rings. The summed E-state index contributed by atoms with van der Waals surface area (Å²) in [7, 11) is 0. The molecular formula is C14H7F4N3O. The van der Waals surface area contributed by atoms with Gasteiger partial charge in [0.05, 0.1) is 5.56 Å². The number of fused-ring (bicyclic) bond motifs is 1. The fourth-order valence-corrected chi connectivity index (χ4v) is 2.00. The summed E-state index contributed by atoms with van der Waals surface area (Å²) < 4.78 is 50.6. The Bertz CT molecular complexity index is 901. The third-order valence-corrected chi connectivity index (χ3v) is 3.05. The molecule has 0 aliphatic rings. The Labute approximate surface area is 120 Å². The molecule has 0 spiro atoms. The molecule has 0 bridgehead atoms. The highest BCUT2D eigenvalue weighted by Gasteiger charge is 2.31. The molecule has 0 aliphatic carbocycles. The van der Waals surface area contributed by atoms with Gasteiger partial charge in [-0.25, -0.2) is 9.97 Å². The van der Waals surface area contributed by atoms with Crippen molar-refractivity contribution in [3.05, 3.63) is 58.5 Å². The highest BCUT2D eigenvalue weighted by molar-refractivity contribution is 5.85. The lowest BCUT2D eigenvalue weighted by atomic mass is 10.1. The van der Waals surface area contributed by atoms with Crippen LogP contribution in [0.25, 0.3) is 22.2 Å². The summed E-state index contributed by atoms with van der Waals surface area (Å²) >= 11 is 0. The van der Waals surface area contributed by atoms with Gasteiger partial charge in [-0.1, -0.05) is 6.07 Å². The molecule has 0 radical (unpaired) electrons. The lowest BCUT2D eigenvalue weighted by Gasteiger charge is -2.06. The first-order chi connectivity index (χ1) is 10.3. The van der Waals surface area contributed by atoms with Crippen molar-refractivity contribution in [3.8, 4) is 11.4 Å². The maximum atomic E-state index is 13.2. The van der Waals surface area contributed by atoms with Gasteiger partial charge in [0, 0.05) is 23.3 Å². The predicted molar refractivity (Wildman–Crippen MR) is 70.6 cm³/mol. The second kappa shape index (κ2) is 4.90. The minimum atomic E-state index is -4.52. The number of hydrogen-bond donors (Lipinski definition) is 1. The average molecular weight is 309 g/mol. The first-order valence-corrected chi connectivity index (χ1v) is 6.07. The Morgan fingerprint density at radius 1 is 1.05 bits per heavy atom. The smallest absolute Gasteiger partial charge is 0.298 e. The highest BCUT2D eigenvalue weighted by Crippen LogP contribution is 2.29. The number of H-pyrrole nitrogens is 1. The molecule has 22 heavy (non-hydrogen) atoms. The molecule has 0 unspecified atom stereocenters. The van der Waals surface area contributed by atoms with Gasteiger partial charge in [-0.3, -0.25) is 9.78 Å². The summed E-state index contributed by atoms with van der Waals surface area (Å²) in [4.78, 5) is 20.9. The Kier molecular flexibility index (Phi) is 3.16. The van der Waals surface area contributed by atoms with Crippen molar-refractivity contribution in [2.75, 3.05) is 0 Å². The SMILES string of the molecule is O=c1[nH]c(F)cc2cc(-c3ncc(C(F)(F)F)cn3)ccc12. The van der Waals surface area contributed by atoms with Crippen LogP contribution in [0.5, 0.6) is 0 Å². The molecule has 8 heteroatoms. The molecule has 0 saturated heterocycles. The minimum absolute atomic E-state index is 0.0515. The number of pyridine rings is 1. The van der Waals surface area contributed by atoms with E-state index in [-0.39, 0.29) is 11.2 Å². The second-order valence-electron chi connectivity index (χ2n) is 4.54. The first kappa shape index (κ1) is 14.2. The fourth-order valence-electron chi connectivity index (χ4n) is 2.00. The third-order valence-electron chi connectivity index (χ3n) is 3.05. The maximum Gasteiger partial charge on any atom is 0.419 e. The van der Waals surface area contributed by atoms with Crippen molar-refractivity contribution in [1.29, 1.82) is 0 Å². The fraction of sp³-hybridized carbons (Fsp3) is 0.0714. The molecule has 0 aliphatic heterocycles. The maximum absolute atomic E-state index is 13.2. The van der Waals surface area contributed by atoms with E-state index in [0.29, 0.717) is 23.3 Å². The standard InChI is InChI=1S/C14H7F4N3O/c15-11-4-8-3-7(1-2-10(8)13(22)21-11)12-19-5-9(6-20-12)14(16,17)18/h1-6H,(H,21,22). The van der Waals surface area contributed by atoms with E-state index in [9.17, 15) is 22.4 Å². The van der Waals surface area contributed by atoms with E-state index in [4.69, 9.17) is 0 Å². The lowest BCUT2D eigenvalue weighted by molar-refractivity contribution is -0.138. The van der Waals surface area contributed by atoms with Crippen molar-refractivity contribution in [2.45, 2.75) is 6.18 Å². The summed E-state index contributed by atoms with van der Waals surface area (Å²) in [5.41, 5.74) is -1.17. The van der Waals surface area contributed by atoms with E-state index < -0.39 is 23.2 Å². The van der Waals surface area contributed by atoms with E-state index in [0.717, 1.165) is 6.07 Å². The molecular weight excluding hydrogens is 302 g/mol. The molecule has 3 rings (SSSR count). The predicted octanol–water partition coefficient (Wildman–Crippen LogP) is 3.14. The number of benzene rings is 1. The van der Waals surface area contributed by atoms with Gasteiger partial charge in [0.2, 0.25) is 0 Å². The van der Waals surface area contributed by atoms with Crippen LogP contribution in [0.15, 0.2) is 41.5 Å². The summed E-state index contributed by atoms with van der Waals surface area (Å²) in [5, 5.41) is 0.569. The highest BCUT2D eigenvalue weighted by atomic mass is 19.4. The third kappa shape index (κ3) is 2.54. The van der Waals surface area contributed by atoms with Gasteiger partial charge < -0.3 is 0 Å². The molecule has 4 nitrogen and oxygen atoms in total. The Morgan fingerprint density at radius 2 is 1.73 bits per heavy atom. The normalized spacial score (nSPS) is 11.8. The average Bonchev–Trinajstić information content (AvgIpc) is 2.45. The summed E-state index contributed by atoms with van der Waals surface area (Å²) in [6.07, 6.45) is -3.17. The summed E-state index contributed by atoms with van der Waals surface area (Å²) in [6.45, 7) is 0. The monoisotopic (exact) mass is 309 g/mol. The van der Waals surface area contributed by atoms with Crippen molar-refractivity contribution in [2.24, 2.45) is 0 Å². The van der Waals surface area contributed by atoms with Crippen LogP contribution in [0.3, 0.4) is 0 Å². The van der Waals surface area contributed by atoms with Crippen LogP contribution in [0, 0.1) is 5.95 Å². The number of aromatic nitrogens is 3. The van der Waals surface area contributed by atoms with Crippen LogP contribution in [0.2, 0.25) is 0 Å². The number of rotatable bonds is 1. The van der Waals surface area contributed by atoms with E-state index in [2.05, 4.69) is 9.97 Å². The summed E-state index contributed by atoms with van der Waals surface area (Å²) in [6, 6.07) is 5.47. The number of alkyl halides is 3. The molecule has 0 saturated carbocycles. The minimum Gasteiger partial charge on any atom is -0.298 e. The van der Waals surface area contributed by atoms with Crippen molar-refractivity contribution >= 4 is 10.8 Å². The van der Waals surface area contributed by atoms with Crippen LogP contribution in [0.1, 0.15) is 5.56 Å². The van der Waals surface area contributed by atoms with Gasteiger partial charge in [-0.15, -0.1) is 0 Å². The van der Waals surface area contributed by atoms with Crippen LogP contribution in [-0.2, 0) is 6.18 Å². The molecule has 1 aromatic carbocycles. The van der Waals surface area contributed by atoms with E-state index >= 15 is 0 Å². The lowest BCUT2D eigenvalue weighted by Crippen LogP contribution is -2.08. The molecule has 2 heterocycles. The van der Waals surface area contributed by atoms with Gasteiger partial charge >= 0.3 is 6.18 Å². The molecule has 0 amide bonds. The molecule has 1 N–H and O–H groups in total. The van der Waals surface area contributed by atoms with Gasteiger partial charge in [0.1, 0.15) is 0 Å². The van der Waals surface area contributed by atoms with E-state index in [1.807, 2.05) is 4.98 Å². The van der Waals surface area contributed by atoms with Crippen molar-refractivity contribution in [1.82, 2.24) is 15.0 Å². The number of halogens is 4. The molecule has 112 valence electrons. The number of hydrogen-bond acceptors (Lipinski definition) is 3. The van der Waals surface area contributed by atoms with Gasteiger partial charge in [0.15, 0.2) is 11.8 Å². The van der Waals surface area contributed by atoms with Gasteiger partial charge in [-0.2, -0.15) is 17.6 Å². The Morgan fingerprint density at radius 3 is 2.36 bits per heavy atom. The zero-order valence-corrected chi connectivity index (χ0v) is 10.8. The second-order valence-corrected chi connectivity index (χ2v) is 4.54. The van der Waals surface area contributed by atoms with Crippen LogP contribution in [0.4, 0.5) is 17.6 Å². The van der Waals surface area contributed by atoms with Crippen LogP contribution >= 0.6 is 0 Å². The zero-order valence-electron chi connectivity index (χ0n) is 10.8. The van der Waals surface area contributed by atoms with Crippen molar-refractivity contribution in [3.63, 3.8) is 0 Å². The number of aromatic amines is 1.